The van der Waals surface area contributed by atoms with Crippen LogP contribution in [0.3, 0.4) is 0 Å². The molecule has 1 aromatic rings. The van der Waals surface area contributed by atoms with Crippen LogP contribution >= 0.6 is 0 Å². The van der Waals surface area contributed by atoms with E-state index in [-0.39, 0.29) is 43.7 Å². The molecule has 0 aromatic heterocycles. The molecule has 29 heavy (non-hydrogen) atoms. The van der Waals surface area contributed by atoms with Gasteiger partial charge in [0.15, 0.2) is 6.61 Å². The second-order valence-electron chi connectivity index (χ2n) is 5.91. The Balaban J connectivity index is 0.00000139. The predicted molar refractivity (Wildman–Crippen MR) is 108 cm³/mol. The molecular weight excluding hydrogens is 378 g/mol. The first-order valence-electron chi connectivity index (χ1n) is 9.35. The minimum atomic E-state index is -0.495. The van der Waals surface area contributed by atoms with Gasteiger partial charge in [-0.2, -0.15) is 0 Å². The van der Waals surface area contributed by atoms with Crippen LogP contribution in [0.25, 0.3) is 0 Å². The van der Waals surface area contributed by atoms with Gasteiger partial charge in [0.25, 0.3) is 0 Å². The van der Waals surface area contributed by atoms with Gasteiger partial charge >= 0.3 is 5.97 Å². The van der Waals surface area contributed by atoms with Gasteiger partial charge in [0, 0.05) is 33.9 Å². The molecule has 162 valence electrons. The number of nitrogens with one attached hydrogen (secondary N) is 3. The number of ether oxygens (including phenoxy) is 2. The van der Waals surface area contributed by atoms with Gasteiger partial charge in [-0.05, 0) is 18.6 Å². The van der Waals surface area contributed by atoms with E-state index in [2.05, 4.69) is 16.0 Å². The minimum absolute atomic E-state index is 0.00463. The van der Waals surface area contributed by atoms with E-state index in [1.807, 2.05) is 25.1 Å². The van der Waals surface area contributed by atoms with E-state index in [1.54, 1.807) is 19.2 Å². The molecule has 3 amide bonds. The maximum atomic E-state index is 11.8. The monoisotopic (exact) mass is 409 g/mol. The zero-order valence-electron chi connectivity index (χ0n) is 17.4. The van der Waals surface area contributed by atoms with E-state index in [0.717, 1.165) is 0 Å². The lowest BCUT2D eigenvalue weighted by Gasteiger charge is -2.17. The fourth-order valence-corrected chi connectivity index (χ4v) is 1.82. The standard InChI is InChI=1S/C17H24N2O5.C3H7NO/c1-3-13(11-19-16(21)10-9-15(20)18-2)24-17(22)12-23-14-7-5-4-6-8-14;1-3(5)4-2/h4-8,13H,3,9-12H2,1-2H3,(H,18,20)(H,19,21);1-2H3,(H,4,5). The van der Waals surface area contributed by atoms with Crippen molar-refractivity contribution in [2.24, 2.45) is 0 Å². The number of benzene rings is 1. The first-order chi connectivity index (χ1) is 13.8. The maximum absolute atomic E-state index is 11.8. The second-order valence-corrected chi connectivity index (χ2v) is 5.91. The van der Waals surface area contributed by atoms with E-state index < -0.39 is 12.1 Å². The van der Waals surface area contributed by atoms with Crippen LogP contribution in [0.2, 0.25) is 0 Å². The van der Waals surface area contributed by atoms with Crippen LogP contribution in [0.5, 0.6) is 5.75 Å². The lowest BCUT2D eigenvalue weighted by Crippen LogP contribution is -2.36. The summed E-state index contributed by atoms with van der Waals surface area (Å²) in [5, 5.41) is 7.49. The Labute approximate surface area is 171 Å². The zero-order valence-corrected chi connectivity index (χ0v) is 17.4. The van der Waals surface area contributed by atoms with Crippen LogP contribution in [0, 0.1) is 0 Å². The predicted octanol–water partition coefficient (Wildman–Crippen LogP) is 0.782. The van der Waals surface area contributed by atoms with Crippen molar-refractivity contribution in [2.45, 2.75) is 39.2 Å². The summed E-state index contributed by atoms with van der Waals surface area (Å²) in [7, 11) is 3.12. The highest BCUT2D eigenvalue weighted by atomic mass is 16.6. The van der Waals surface area contributed by atoms with Gasteiger partial charge in [-0.3, -0.25) is 14.4 Å². The van der Waals surface area contributed by atoms with Crippen molar-refractivity contribution in [2.75, 3.05) is 27.2 Å². The van der Waals surface area contributed by atoms with Gasteiger partial charge in [0.2, 0.25) is 17.7 Å². The summed E-state index contributed by atoms with van der Waals surface area (Å²) in [6.07, 6.45) is 0.360. The van der Waals surface area contributed by atoms with Gasteiger partial charge in [-0.1, -0.05) is 25.1 Å². The molecule has 0 spiro atoms. The van der Waals surface area contributed by atoms with Crippen LogP contribution < -0.4 is 20.7 Å². The van der Waals surface area contributed by atoms with E-state index in [1.165, 1.54) is 14.0 Å². The summed E-state index contributed by atoms with van der Waals surface area (Å²) in [5.74, 6) is -0.351. The molecule has 0 saturated carbocycles. The number of rotatable bonds is 10. The molecule has 0 saturated heterocycles. The van der Waals surface area contributed by atoms with Crippen molar-refractivity contribution in [1.29, 1.82) is 0 Å². The van der Waals surface area contributed by atoms with Crippen molar-refractivity contribution in [3.63, 3.8) is 0 Å². The molecule has 0 fully saturated rings. The van der Waals surface area contributed by atoms with Crippen LogP contribution in [0.4, 0.5) is 0 Å². The largest absolute Gasteiger partial charge is 0.482 e. The molecule has 0 radical (unpaired) electrons. The van der Waals surface area contributed by atoms with E-state index >= 15 is 0 Å². The van der Waals surface area contributed by atoms with Gasteiger partial charge in [0.1, 0.15) is 11.9 Å². The Hall–Kier alpha value is -3.10. The Morgan fingerprint density at radius 1 is 0.966 bits per heavy atom. The van der Waals surface area contributed by atoms with Crippen LogP contribution in [-0.2, 0) is 23.9 Å². The van der Waals surface area contributed by atoms with Gasteiger partial charge in [-0.25, -0.2) is 4.79 Å². The molecule has 0 bridgehead atoms. The average Bonchev–Trinajstić information content (AvgIpc) is 2.74. The van der Waals surface area contributed by atoms with Crippen molar-refractivity contribution in [3.05, 3.63) is 30.3 Å². The molecule has 1 aromatic carbocycles. The second kappa shape index (κ2) is 15.9. The summed E-state index contributed by atoms with van der Waals surface area (Å²) in [6.45, 7) is 3.35. The fraction of sp³-hybridized carbons (Fsp3) is 0.500. The first kappa shape index (κ1) is 25.9. The van der Waals surface area contributed by atoms with E-state index in [4.69, 9.17) is 9.47 Å². The SMILES string of the molecule is CCC(CNC(=O)CCC(=O)NC)OC(=O)COc1ccccc1.CNC(C)=O. The topological polar surface area (TPSA) is 123 Å². The average molecular weight is 409 g/mol. The van der Waals surface area contributed by atoms with Crippen LogP contribution in [-0.4, -0.2) is 57.0 Å². The molecule has 0 aliphatic rings. The lowest BCUT2D eigenvalue weighted by molar-refractivity contribution is -0.152. The van der Waals surface area contributed by atoms with Gasteiger partial charge < -0.3 is 25.4 Å². The highest BCUT2D eigenvalue weighted by Crippen LogP contribution is 2.08. The third-order valence-electron chi connectivity index (χ3n) is 3.59. The van der Waals surface area contributed by atoms with Gasteiger partial charge in [0.05, 0.1) is 6.54 Å². The number of para-hydroxylation sites is 1. The third-order valence-corrected chi connectivity index (χ3v) is 3.59. The molecule has 0 aliphatic carbocycles. The summed E-state index contributed by atoms with van der Waals surface area (Å²) in [5.41, 5.74) is 0. The maximum Gasteiger partial charge on any atom is 0.344 e. The molecule has 9 heteroatoms. The fourth-order valence-electron chi connectivity index (χ4n) is 1.82. The number of carbonyl (C=O) groups is 4. The number of carbonyl (C=O) groups excluding carboxylic acids is 4. The number of hydrogen-bond acceptors (Lipinski definition) is 6. The quantitative estimate of drug-likeness (QED) is 0.491. The zero-order chi connectivity index (χ0) is 22.1. The number of amides is 3. The summed E-state index contributed by atoms with van der Waals surface area (Å²) >= 11 is 0. The first-order valence-corrected chi connectivity index (χ1v) is 9.35. The van der Waals surface area contributed by atoms with Crippen LogP contribution in [0.15, 0.2) is 30.3 Å². The van der Waals surface area contributed by atoms with E-state index in [0.29, 0.717) is 12.2 Å². The molecule has 9 nitrogen and oxygen atoms in total. The number of esters is 1. The van der Waals surface area contributed by atoms with Gasteiger partial charge in [-0.15, -0.1) is 0 Å². The third kappa shape index (κ3) is 14.6. The molecule has 1 rings (SSSR count). The molecule has 1 unspecified atom stereocenters. The summed E-state index contributed by atoms with van der Waals surface area (Å²) in [6, 6.07) is 8.97. The minimum Gasteiger partial charge on any atom is -0.482 e. The van der Waals surface area contributed by atoms with Crippen molar-refractivity contribution in [3.8, 4) is 5.75 Å². The smallest absolute Gasteiger partial charge is 0.344 e. The summed E-state index contributed by atoms with van der Waals surface area (Å²) in [4.78, 5) is 44.2. The lowest BCUT2D eigenvalue weighted by atomic mass is 10.2. The molecule has 1 atom stereocenters. The highest BCUT2D eigenvalue weighted by Gasteiger charge is 2.15. The molecule has 3 N–H and O–H groups in total. The van der Waals surface area contributed by atoms with Crippen LogP contribution in [0.1, 0.15) is 33.1 Å². The van der Waals surface area contributed by atoms with Crippen molar-refractivity contribution in [1.82, 2.24) is 16.0 Å². The number of hydrogen-bond donors (Lipinski definition) is 3. The Bertz CT molecular complexity index is 636. The van der Waals surface area contributed by atoms with Crippen molar-refractivity contribution >= 4 is 23.7 Å². The Kier molecular flexibility index (Phi) is 14.2. The molecule has 0 heterocycles. The highest BCUT2D eigenvalue weighted by molar-refractivity contribution is 5.83. The Morgan fingerprint density at radius 3 is 2.07 bits per heavy atom. The Morgan fingerprint density at radius 2 is 1.55 bits per heavy atom. The van der Waals surface area contributed by atoms with Crippen molar-refractivity contribution < 1.29 is 28.7 Å². The summed E-state index contributed by atoms with van der Waals surface area (Å²) < 4.78 is 10.6. The normalized spacial score (nSPS) is 10.5. The van der Waals surface area contributed by atoms with E-state index in [9.17, 15) is 19.2 Å². The molecule has 0 aliphatic heterocycles. The molecular formula is C20H31N3O6.